The normalized spacial score (nSPS) is 11.9. The molecule has 9 heteroatoms. The van der Waals surface area contributed by atoms with E-state index in [2.05, 4.69) is 4.98 Å². The Hall–Kier alpha value is -2.68. The molecule has 2 heterocycles. The Morgan fingerprint density at radius 2 is 1.97 bits per heavy atom. The SMILES string of the molecule is CC(C)S(=O)(=O)c1cccc(C(=O)N(Cc2ccco2)c2nc3ccc(Cl)cc3s2)c1. The summed E-state index contributed by atoms with van der Waals surface area (Å²) in [6.45, 7) is 3.37. The van der Waals surface area contributed by atoms with Gasteiger partial charge in [0.2, 0.25) is 0 Å². The Balaban J connectivity index is 1.77. The lowest BCUT2D eigenvalue weighted by atomic mass is 10.2. The molecule has 1 amide bonds. The van der Waals surface area contributed by atoms with Crippen LogP contribution in [0.3, 0.4) is 0 Å². The van der Waals surface area contributed by atoms with Crippen molar-refractivity contribution in [3.8, 4) is 0 Å². The summed E-state index contributed by atoms with van der Waals surface area (Å²) < 4.78 is 31.5. The van der Waals surface area contributed by atoms with Crippen LogP contribution in [0.25, 0.3) is 10.2 Å². The van der Waals surface area contributed by atoms with Gasteiger partial charge in [-0.2, -0.15) is 0 Å². The molecular weight excluding hydrogens is 456 g/mol. The number of carbonyl (C=O) groups excluding carboxylic acids is 1. The topological polar surface area (TPSA) is 80.5 Å². The van der Waals surface area contributed by atoms with Crippen LogP contribution < -0.4 is 4.90 Å². The molecule has 4 rings (SSSR count). The van der Waals surface area contributed by atoms with E-state index in [1.54, 1.807) is 56.3 Å². The van der Waals surface area contributed by atoms with Gasteiger partial charge in [0, 0.05) is 10.6 Å². The van der Waals surface area contributed by atoms with E-state index in [9.17, 15) is 13.2 Å². The largest absolute Gasteiger partial charge is 0.467 e. The van der Waals surface area contributed by atoms with Gasteiger partial charge in [0.1, 0.15) is 5.76 Å². The van der Waals surface area contributed by atoms with Crippen molar-refractivity contribution in [2.45, 2.75) is 30.5 Å². The Bertz CT molecular complexity index is 1350. The van der Waals surface area contributed by atoms with E-state index in [1.807, 2.05) is 0 Å². The maximum Gasteiger partial charge on any atom is 0.260 e. The van der Waals surface area contributed by atoms with E-state index >= 15 is 0 Å². The number of hydrogen-bond acceptors (Lipinski definition) is 6. The van der Waals surface area contributed by atoms with E-state index in [0.717, 1.165) is 10.2 Å². The first kappa shape index (κ1) is 21.5. The molecule has 6 nitrogen and oxygen atoms in total. The lowest BCUT2D eigenvalue weighted by Crippen LogP contribution is -2.30. The van der Waals surface area contributed by atoms with Gasteiger partial charge in [0.05, 0.1) is 33.2 Å². The Morgan fingerprint density at radius 1 is 1.16 bits per heavy atom. The zero-order chi connectivity index (χ0) is 22.2. The third-order valence-electron chi connectivity index (χ3n) is 4.74. The number of sulfone groups is 1. The highest BCUT2D eigenvalue weighted by Crippen LogP contribution is 2.32. The molecule has 2 aromatic heterocycles. The lowest BCUT2D eigenvalue weighted by molar-refractivity contribution is 0.0983. The zero-order valence-electron chi connectivity index (χ0n) is 16.8. The predicted molar refractivity (Wildman–Crippen MR) is 123 cm³/mol. The monoisotopic (exact) mass is 474 g/mol. The second kappa shape index (κ2) is 8.45. The van der Waals surface area contributed by atoms with Crippen LogP contribution in [0.1, 0.15) is 30.0 Å². The number of aromatic nitrogens is 1. The van der Waals surface area contributed by atoms with Crippen molar-refractivity contribution in [1.29, 1.82) is 0 Å². The highest BCUT2D eigenvalue weighted by molar-refractivity contribution is 7.92. The number of benzene rings is 2. The van der Waals surface area contributed by atoms with Gasteiger partial charge in [-0.3, -0.25) is 9.69 Å². The molecule has 0 bridgehead atoms. The number of thiazole rings is 1. The van der Waals surface area contributed by atoms with Crippen molar-refractivity contribution in [2.24, 2.45) is 0 Å². The van der Waals surface area contributed by atoms with Gasteiger partial charge >= 0.3 is 0 Å². The molecule has 0 spiro atoms. The van der Waals surface area contributed by atoms with Crippen LogP contribution in [0.5, 0.6) is 0 Å². The van der Waals surface area contributed by atoms with Crippen molar-refractivity contribution in [1.82, 2.24) is 4.98 Å². The second-order valence-corrected chi connectivity index (χ2v) is 11.2. The summed E-state index contributed by atoms with van der Waals surface area (Å²) in [5.41, 5.74) is 0.975. The third kappa shape index (κ3) is 4.37. The maximum absolute atomic E-state index is 13.5. The molecule has 0 aliphatic heterocycles. The second-order valence-electron chi connectivity index (χ2n) is 7.20. The maximum atomic E-state index is 13.5. The van der Waals surface area contributed by atoms with Crippen molar-refractivity contribution in [3.05, 3.63) is 77.2 Å². The zero-order valence-corrected chi connectivity index (χ0v) is 19.2. The molecule has 0 aliphatic carbocycles. The third-order valence-corrected chi connectivity index (χ3v) is 8.17. The van der Waals surface area contributed by atoms with E-state index in [1.165, 1.54) is 34.6 Å². The summed E-state index contributed by atoms with van der Waals surface area (Å²) in [5, 5.41) is 0.458. The number of amides is 1. The standard InChI is InChI=1S/C22H19ClN2O4S2/c1-14(2)31(27,28)18-7-3-5-15(11-18)21(26)25(13-17-6-4-10-29-17)22-24-19-9-8-16(23)12-20(19)30-22/h3-12,14H,13H2,1-2H3. The van der Waals surface area contributed by atoms with Gasteiger partial charge in [-0.15, -0.1) is 0 Å². The molecule has 0 aliphatic rings. The van der Waals surface area contributed by atoms with E-state index in [0.29, 0.717) is 15.9 Å². The van der Waals surface area contributed by atoms with Gasteiger partial charge in [-0.1, -0.05) is 29.0 Å². The van der Waals surface area contributed by atoms with Gasteiger partial charge in [-0.25, -0.2) is 13.4 Å². The molecule has 0 N–H and O–H groups in total. The fraction of sp³-hybridized carbons (Fsp3) is 0.182. The molecular formula is C22H19ClN2O4S2. The molecule has 0 saturated carbocycles. The van der Waals surface area contributed by atoms with Crippen LogP contribution >= 0.6 is 22.9 Å². The van der Waals surface area contributed by atoms with Gasteiger partial charge in [0.25, 0.3) is 5.91 Å². The minimum Gasteiger partial charge on any atom is -0.467 e. The smallest absolute Gasteiger partial charge is 0.260 e. The minimum atomic E-state index is -3.52. The number of nitrogens with zero attached hydrogens (tertiary/aromatic N) is 2. The minimum absolute atomic E-state index is 0.113. The Kier molecular flexibility index (Phi) is 5.88. The fourth-order valence-electron chi connectivity index (χ4n) is 3.02. The lowest BCUT2D eigenvalue weighted by Gasteiger charge is -2.19. The summed E-state index contributed by atoms with van der Waals surface area (Å²) >= 11 is 7.42. The number of rotatable bonds is 6. The first-order valence-electron chi connectivity index (χ1n) is 9.50. The van der Waals surface area contributed by atoms with Crippen molar-refractivity contribution in [2.75, 3.05) is 4.90 Å². The summed E-state index contributed by atoms with van der Waals surface area (Å²) in [6.07, 6.45) is 1.53. The van der Waals surface area contributed by atoms with Crippen molar-refractivity contribution in [3.63, 3.8) is 0 Å². The van der Waals surface area contributed by atoms with Gasteiger partial charge in [0.15, 0.2) is 15.0 Å². The summed E-state index contributed by atoms with van der Waals surface area (Å²) in [4.78, 5) is 19.7. The average molecular weight is 475 g/mol. The van der Waals surface area contributed by atoms with E-state index in [-0.39, 0.29) is 22.9 Å². The molecule has 0 atom stereocenters. The number of halogens is 1. The molecule has 31 heavy (non-hydrogen) atoms. The van der Waals surface area contributed by atoms with Crippen LogP contribution in [-0.4, -0.2) is 24.6 Å². The highest BCUT2D eigenvalue weighted by Gasteiger charge is 2.25. The van der Waals surface area contributed by atoms with Gasteiger partial charge in [-0.05, 0) is 62.4 Å². The van der Waals surface area contributed by atoms with E-state index in [4.69, 9.17) is 16.0 Å². The molecule has 0 radical (unpaired) electrons. The molecule has 160 valence electrons. The van der Waals surface area contributed by atoms with Crippen LogP contribution in [0.15, 0.2) is 70.2 Å². The fourth-order valence-corrected chi connectivity index (χ4v) is 5.36. The highest BCUT2D eigenvalue weighted by atomic mass is 35.5. The number of fused-ring (bicyclic) bond motifs is 1. The van der Waals surface area contributed by atoms with Crippen LogP contribution in [0.4, 0.5) is 5.13 Å². The Labute approximate surface area is 189 Å². The summed E-state index contributed by atoms with van der Waals surface area (Å²) in [7, 11) is -3.52. The first-order chi connectivity index (χ1) is 14.8. The molecule has 2 aromatic carbocycles. The van der Waals surface area contributed by atoms with Crippen molar-refractivity contribution >= 4 is 54.0 Å². The number of anilines is 1. The number of furan rings is 1. The van der Waals surface area contributed by atoms with Crippen LogP contribution in [-0.2, 0) is 16.4 Å². The Morgan fingerprint density at radius 3 is 2.68 bits per heavy atom. The molecule has 4 aromatic rings. The summed E-state index contributed by atoms with van der Waals surface area (Å²) in [6, 6.07) is 14.9. The average Bonchev–Trinajstić information content (AvgIpc) is 3.40. The number of hydrogen-bond donors (Lipinski definition) is 0. The van der Waals surface area contributed by atoms with Crippen LogP contribution in [0, 0.1) is 0 Å². The van der Waals surface area contributed by atoms with Crippen LogP contribution in [0.2, 0.25) is 5.02 Å². The molecule has 0 fully saturated rings. The quantitative estimate of drug-likeness (QED) is 0.365. The van der Waals surface area contributed by atoms with E-state index < -0.39 is 15.1 Å². The molecule has 0 saturated heterocycles. The molecule has 0 unspecified atom stereocenters. The first-order valence-corrected chi connectivity index (χ1v) is 12.2. The van der Waals surface area contributed by atoms with Crippen molar-refractivity contribution < 1.29 is 17.6 Å². The summed E-state index contributed by atoms with van der Waals surface area (Å²) in [5.74, 6) is 0.207. The number of carbonyl (C=O) groups is 1. The van der Waals surface area contributed by atoms with Gasteiger partial charge < -0.3 is 4.42 Å². The predicted octanol–water partition coefficient (Wildman–Crippen LogP) is 5.57.